The number of rotatable bonds is 7. The molecule has 1 unspecified atom stereocenters. The Bertz CT molecular complexity index is 1340. The smallest absolute Gasteiger partial charge is 0.300 e. The van der Waals surface area contributed by atoms with E-state index < -0.39 is 23.5 Å². The number of amides is 1. The van der Waals surface area contributed by atoms with E-state index in [1.807, 2.05) is 6.92 Å². The van der Waals surface area contributed by atoms with Crippen LogP contribution >= 0.6 is 23.2 Å². The second-order valence-electron chi connectivity index (χ2n) is 7.79. The molecule has 1 fully saturated rings. The fourth-order valence-corrected chi connectivity index (χ4v) is 4.89. The van der Waals surface area contributed by atoms with E-state index in [0.717, 1.165) is 0 Å². The van der Waals surface area contributed by atoms with E-state index in [1.165, 1.54) is 25.2 Å². The number of benzene rings is 3. The molecule has 0 radical (unpaired) electrons. The number of para-hydroxylation sites is 1. The Balaban J connectivity index is 1.98. The minimum absolute atomic E-state index is 0.0176. The Kier molecular flexibility index (Phi) is 7.43. The van der Waals surface area contributed by atoms with Gasteiger partial charge in [-0.3, -0.25) is 14.5 Å². The molecule has 36 heavy (non-hydrogen) atoms. The van der Waals surface area contributed by atoms with Crippen LogP contribution in [-0.4, -0.2) is 37.6 Å². The molecule has 186 valence electrons. The zero-order valence-electron chi connectivity index (χ0n) is 19.7. The lowest BCUT2D eigenvalue weighted by Crippen LogP contribution is -2.29. The highest BCUT2D eigenvalue weighted by Gasteiger charge is 2.47. The molecule has 1 aliphatic rings. The molecule has 1 atom stereocenters. The Labute approximate surface area is 218 Å². The van der Waals surface area contributed by atoms with Gasteiger partial charge in [-0.2, -0.15) is 0 Å². The van der Waals surface area contributed by atoms with E-state index >= 15 is 0 Å². The molecule has 0 saturated carbocycles. The molecule has 9 heteroatoms. The van der Waals surface area contributed by atoms with Crippen molar-refractivity contribution in [3.63, 3.8) is 0 Å². The molecule has 3 aromatic rings. The van der Waals surface area contributed by atoms with Gasteiger partial charge in [-0.25, -0.2) is 0 Å². The Morgan fingerprint density at radius 1 is 0.972 bits per heavy atom. The lowest BCUT2D eigenvalue weighted by atomic mass is 9.94. The summed E-state index contributed by atoms with van der Waals surface area (Å²) < 4.78 is 16.2. The van der Waals surface area contributed by atoms with E-state index in [9.17, 15) is 14.7 Å². The van der Waals surface area contributed by atoms with Crippen molar-refractivity contribution in [1.29, 1.82) is 0 Å². The number of methoxy groups -OCH3 is 2. The van der Waals surface area contributed by atoms with Gasteiger partial charge in [0.15, 0.2) is 11.5 Å². The van der Waals surface area contributed by atoms with Crippen LogP contribution in [0, 0.1) is 0 Å². The molecule has 1 aliphatic heterocycles. The number of anilines is 1. The Morgan fingerprint density at radius 3 is 2.19 bits per heavy atom. The molecule has 4 rings (SSSR count). The van der Waals surface area contributed by atoms with Crippen molar-refractivity contribution in [2.75, 3.05) is 25.7 Å². The highest BCUT2D eigenvalue weighted by atomic mass is 35.5. The van der Waals surface area contributed by atoms with Gasteiger partial charge in [0.05, 0.1) is 43.0 Å². The van der Waals surface area contributed by atoms with E-state index in [2.05, 4.69) is 0 Å². The zero-order valence-corrected chi connectivity index (χ0v) is 21.3. The van der Waals surface area contributed by atoms with Gasteiger partial charge in [0.2, 0.25) is 0 Å². The number of ketones is 1. The number of aliphatic hydroxyl groups is 1. The highest BCUT2D eigenvalue weighted by molar-refractivity contribution is 6.52. The number of hydrogen-bond donors (Lipinski definition) is 1. The summed E-state index contributed by atoms with van der Waals surface area (Å²) in [7, 11) is 2.75. The number of carbonyl (C=O) groups is 2. The monoisotopic (exact) mass is 527 g/mol. The first-order valence-corrected chi connectivity index (χ1v) is 11.8. The first-order valence-electron chi connectivity index (χ1n) is 11.0. The van der Waals surface area contributed by atoms with Crippen LogP contribution in [0.1, 0.15) is 24.1 Å². The number of hydrogen-bond acceptors (Lipinski definition) is 6. The van der Waals surface area contributed by atoms with Crippen LogP contribution in [0.4, 0.5) is 5.69 Å². The van der Waals surface area contributed by atoms with Crippen molar-refractivity contribution in [2.24, 2.45) is 0 Å². The van der Waals surface area contributed by atoms with Crippen LogP contribution in [0.2, 0.25) is 10.0 Å². The maximum Gasteiger partial charge on any atom is 0.300 e. The number of halogens is 2. The van der Waals surface area contributed by atoms with Gasteiger partial charge in [-0.1, -0.05) is 53.5 Å². The molecular weight excluding hydrogens is 505 g/mol. The van der Waals surface area contributed by atoms with E-state index in [-0.39, 0.29) is 32.7 Å². The van der Waals surface area contributed by atoms with Gasteiger partial charge < -0.3 is 19.3 Å². The van der Waals surface area contributed by atoms with Crippen molar-refractivity contribution in [3.8, 4) is 17.2 Å². The standard InChI is InChI=1S/C27H23Cl2NO6/c1-4-36-17-12-10-15(11-13-17)22-20(24(32)27(33)30(22)16-8-6-5-7-9-16)23(31)18-14-19(28)26(35-3)21(29)25(18)34-2/h5-14,22,31H,4H2,1-3H3/b23-20+. The first kappa shape index (κ1) is 25.4. The van der Waals surface area contributed by atoms with Gasteiger partial charge in [0, 0.05) is 5.69 Å². The van der Waals surface area contributed by atoms with Gasteiger partial charge in [-0.05, 0) is 42.8 Å². The maximum atomic E-state index is 13.4. The van der Waals surface area contributed by atoms with Gasteiger partial charge in [-0.15, -0.1) is 0 Å². The fraction of sp³-hybridized carbons (Fsp3) is 0.185. The third-order valence-corrected chi connectivity index (χ3v) is 6.40. The molecule has 0 aliphatic carbocycles. The molecule has 3 aromatic carbocycles. The average Bonchev–Trinajstić information content (AvgIpc) is 3.15. The summed E-state index contributed by atoms with van der Waals surface area (Å²) in [5.41, 5.74) is 1.00. The van der Waals surface area contributed by atoms with Crippen LogP contribution in [0.15, 0.2) is 66.2 Å². The van der Waals surface area contributed by atoms with Crippen LogP contribution in [0.25, 0.3) is 5.76 Å². The molecular formula is C27H23Cl2NO6. The number of ether oxygens (including phenoxy) is 3. The predicted octanol–water partition coefficient (Wildman–Crippen LogP) is 6.04. The minimum Gasteiger partial charge on any atom is -0.507 e. The summed E-state index contributed by atoms with van der Waals surface area (Å²) in [5.74, 6) is -1.29. The van der Waals surface area contributed by atoms with Crippen LogP contribution in [0.5, 0.6) is 17.2 Å². The largest absolute Gasteiger partial charge is 0.507 e. The van der Waals surface area contributed by atoms with Crippen LogP contribution in [-0.2, 0) is 9.59 Å². The number of Topliss-reactive ketones (excluding diaryl/α,β-unsaturated/α-hetero) is 1. The zero-order chi connectivity index (χ0) is 26.0. The Hall–Kier alpha value is -3.68. The maximum absolute atomic E-state index is 13.4. The van der Waals surface area contributed by atoms with Gasteiger partial charge >= 0.3 is 0 Å². The molecule has 1 amide bonds. The second kappa shape index (κ2) is 10.5. The molecule has 7 nitrogen and oxygen atoms in total. The highest BCUT2D eigenvalue weighted by Crippen LogP contribution is 2.48. The fourth-order valence-electron chi connectivity index (χ4n) is 4.21. The summed E-state index contributed by atoms with van der Waals surface area (Å²) in [6.45, 7) is 2.36. The SMILES string of the molecule is CCOc1ccc(C2/C(=C(\O)c3cc(Cl)c(OC)c(Cl)c3OC)C(=O)C(=O)N2c2ccccc2)cc1. The number of aliphatic hydroxyl groups excluding tert-OH is 1. The summed E-state index contributed by atoms with van der Waals surface area (Å²) in [4.78, 5) is 28.0. The van der Waals surface area contributed by atoms with Crippen molar-refractivity contribution >= 4 is 46.3 Å². The summed E-state index contributed by atoms with van der Waals surface area (Å²) in [6, 6.07) is 16.2. The molecule has 0 aromatic heterocycles. The normalized spacial score (nSPS) is 16.8. The third kappa shape index (κ3) is 4.36. The van der Waals surface area contributed by atoms with Crippen molar-refractivity contribution in [2.45, 2.75) is 13.0 Å². The lowest BCUT2D eigenvalue weighted by molar-refractivity contribution is -0.132. The van der Waals surface area contributed by atoms with Gasteiger partial charge in [0.1, 0.15) is 16.5 Å². The molecule has 0 spiro atoms. The molecule has 1 saturated heterocycles. The lowest BCUT2D eigenvalue weighted by Gasteiger charge is -2.26. The van der Waals surface area contributed by atoms with E-state index in [1.54, 1.807) is 54.6 Å². The van der Waals surface area contributed by atoms with Gasteiger partial charge in [0.25, 0.3) is 11.7 Å². The minimum atomic E-state index is -0.938. The number of carbonyl (C=O) groups excluding carboxylic acids is 2. The molecule has 1 heterocycles. The summed E-state index contributed by atoms with van der Waals surface area (Å²) in [5, 5.41) is 11.6. The van der Waals surface area contributed by atoms with Crippen LogP contribution < -0.4 is 19.1 Å². The van der Waals surface area contributed by atoms with E-state index in [0.29, 0.717) is 23.6 Å². The molecule has 0 bridgehead atoms. The predicted molar refractivity (Wildman–Crippen MR) is 138 cm³/mol. The molecule has 1 N–H and O–H groups in total. The van der Waals surface area contributed by atoms with E-state index in [4.69, 9.17) is 37.4 Å². The topological polar surface area (TPSA) is 85.3 Å². The number of nitrogens with zero attached hydrogens (tertiary/aromatic N) is 1. The first-order chi connectivity index (χ1) is 17.3. The average molecular weight is 528 g/mol. The third-order valence-electron chi connectivity index (χ3n) is 5.78. The Morgan fingerprint density at radius 2 is 1.61 bits per heavy atom. The summed E-state index contributed by atoms with van der Waals surface area (Å²) in [6.07, 6.45) is 0. The van der Waals surface area contributed by atoms with Crippen molar-refractivity contribution in [1.82, 2.24) is 0 Å². The van der Waals surface area contributed by atoms with Crippen molar-refractivity contribution < 1.29 is 28.9 Å². The van der Waals surface area contributed by atoms with Crippen molar-refractivity contribution in [3.05, 3.63) is 87.4 Å². The quantitative estimate of drug-likeness (QED) is 0.229. The second-order valence-corrected chi connectivity index (χ2v) is 8.58. The van der Waals surface area contributed by atoms with Crippen LogP contribution in [0.3, 0.4) is 0 Å². The summed E-state index contributed by atoms with van der Waals surface area (Å²) >= 11 is 12.7.